The largest absolute Gasteiger partial charge is 0.456 e. The molecule has 86 valence electrons. The Morgan fingerprint density at radius 3 is 2.69 bits per heavy atom. The Balaban J connectivity index is 2.07. The average molecular weight is 219 g/mol. The van der Waals surface area contributed by atoms with E-state index in [4.69, 9.17) is 4.74 Å². The van der Waals surface area contributed by atoms with Crippen LogP contribution in [0.25, 0.3) is 0 Å². The number of hydrogen-bond donors (Lipinski definition) is 1. The van der Waals surface area contributed by atoms with Gasteiger partial charge in [-0.05, 0) is 19.0 Å². The second-order valence-electron chi connectivity index (χ2n) is 4.18. The molecule has 1 aliphatic heterocycles. The van der Waals surface area contributed by atoms with Crippen LogP contribution < -0.4 is 5.32 Å². The highest BCUT2D eigenvalue weighted by atomic mass is 16.6. The Bertz CT molecular complexity index is 372. The zero-order valence-corrected chi connectivity index (χ0v) is 9.69. The van der Waals surface area contributed by atoms with Gasteiger partial charge in [0.15, 0.2) is 0 Å². The minimum absolute atomic E-state index is 0.0860. The zero-order chi connectivity index (χ0) is 11.5. The van der Waals surface area contributed by atoms with Gasteiger partial charge in [0.25, 0.3) is 0 Å². The summed E-state index contributed by atoms with van der Waals surface area (Å²) in [4.78, 5) is 11.5. The molecule has 2 atom stereocenters. The second kappa shape index (κ2) is 4.66. The first kappa shape index (κ1) is 11.1. The minimum Gasteiger partial charge on any atom is -0.456 e. The van der Waals surface area contributed by atoms with E-state index in [1.165, 1.54) is 5.56 Å². The molecule has 3 heteroatoms. The number of hydrogen-bond acceptors (Lipinski definition) is 3. The van der Waals surface area contributed by atoms with Crippen molar-refractivity contribution in [2.24, 2.45) is 0 Å². The molecular weight excluding hydrogens is 202 g/mol. The molecule has 0 saturated carbocycles. The molecule has 1 fully saturated rings. The van der Waals surface area contributed by atoms with Crippen LogP contribution in [0.1, 0.15) is 30.6 Å². The lowest BCUT2D eigenvalue weighted by Gasteiger charge is -2.09. The molecule has 0 spiro atoms. The van der Waals surface area contributed by atoms with E-state index in [2.05, 4.69) is 5.32 Å². The maximum Gasteiger partial charge on any atom is 0.323 e. The first-order valence-electron chi connectivity index (χ1n) is 5.71. The number of rotatable bonds is 3. The fourth-order valence-corrected chi connectivity index (χ4v) is 1.98. The Morgan fingerprint density at radius 2 is 2.06 bits per heavy atom. The summed E-state index contributed by atoms with van der Waals surface area (Å²) < 4.78 is 5.35. The molecule has 1 aliphatic rings. The van der Waals surface area contributed by atoms with Gasteiger partial charge in [0.2, 0.25) is 0 Å². The number of nitrogens with one attached hydrogen (secondary N) is 1. The maximum atomic E-state index is 11.5. The Hall–Kier alpha value is -1.35. The predicted octanol–water partition coefficient (Wildman–Crippen LogP) is 1.96. The van der Waals surface area contributed by atoms with Crippen LogP contribution in [-0.2, 0) is 9.53 Å². The monoisotopic (exact) mass is 219 g/mol. The van der Waals surface area contributed by atoms with E-state index in [1.54, 1.807) is 0 Å². The lowest BCUT2D eigenvalue weighted by molar-refractivity contribution is -0.143. The second-order valence-corrected chi connectivity index (χ2v) is 4.18. The highest BCUT2D eigenvalue weighted by Crippen LogP contribution is 2.29. The molecule has 1 saturated heterocycles. The Kier molecular flexibility index (Phi) is 3.25. The van der Waals surface area contributed by atoms with E-state index >= 15 is 0 Å². The van der Waals surface area contributed by atoms with Gasteiger partial charge in [0.1, 0.15) is 12.1 Å². The van der Waals surface area contributed by atoms with Crippen molar-refractivity contribution < 1.29 is 9.53 Å². The van der Waals surface area contributed by atoms with Crippen LogP contribution in [-0.4, -0.2) is 18.6 Å². The quantitative estimate of drug-likeness (QED) is 0.790. The van der Waals surface area contributed by atoms with E-state index in [0.717, 1.165) is 18.5 Å². The smallest absolute Gasteiger partial charge is 0.323 e. The van der Waals surface area contributed by atoms with Gasteiger partial charge in [-0.25, -0.2) is 0 Å². The van der Waals surface area contributed by atoms with Gasteiger partial charge in [-0.15, -0.1) is 0 Å². The van der Waals surface area contributed by atoms with Crippen LogP contribution in [0, 0.1) is 6.92 Å². The first-order chi connectivity index (χ1) is 7.70. The van der Waals surface area contributed by atoms with Crippen molar-refractivity contribution in [3.8, 4) is 0 Å². The standard InChI is InChI=1S/C13H17NO2/c1-3-14-11-8-12(16-13(11)15)10-6-4-9(2)5-7-10/h4-7,11-12,14H,3,8H2,1-2H3. The third kappa shape index (κ3) is 2.25. The van der Waals surface area contributed by atoms with Crippen LogP contribution in [0.15, 0.2) is 24.3 Å². The van der Waals surface area contributed by atoms with Gasteiger partial charge in [-0.1, -0.05) is 36.8 Å². The van der Waals surface area contributed by atoms with Crippen LogP contribution in [0.3, 0.4) is 0 Å². The summed E-state index contributed by atoms with van der Waals surface area (Å²) in [5.41, 5.74) is 2.30. The summed E-state index contributed by atoms with van der Waals surface area (Å²) in [6.07, 6.45) is 0.646. The Labute approximate surface area is 95.8 Å². The van der Waals surface area contributed by atoms with Crippen molar-refractivity contribution in [3.05, 3.63) is 35.4 Å². The van der Waals surface area contributed by atoms with Crippen molar-refractivity contribution in [1.82, 2.24) is 5.32 Å². The number of cyclic esters (lactones) is 1. The van der Waals surface area contributed by atoms with Crippen molar-refractivity contribution in [1.29, 1.82) is 0 Å². The highest BCUT2D eigenvalue weighted by molar-refractivity contribution is 5.78. The van der Waals surface area contributed by atoms with Crippen molar-refractivity contribution >= 4 is 5.97 Å². The molecule has 0 aromatic heterocycles. The molecule has 3 nitrogen and oxygen atoms in total. The van der Waals surface area contributed by atoms with Gasteiger partial charge >= 0.3 is 5.97 Å². The predicted molar refractivity (Wildman–Crippen MR) is 62.1 cm³/mol. The van der Waals surface area contributed by atoms with Gasteiger partial charge < -0.3 is 10.1 Å². The number of ether oxygens (including phenoxy) is 1. The molecular formula is C13H17NO2. The molecule has 1 N–H and O–H groups in total. The van der Waals surface area contributed by atoms with Gasteiger partial charge in [-0.3, -0.25) is 4.79 Å². The van der Waals surface area contributed by atoms with Gasteiger partial charge in [0.05, 0.1) is 0 Å². The van der Waals surface area contributed by atoms with Crippen molar-refractivity contribution in [2.45, 2.75) is 32.4 Å². The first-order valence-corrected chi connectivity index (χ1v) is 5.71. The fraction of sp³-hybridized carbons (Fsp3) is 0.462. The topological polar surface area (TPSA) is 38.3 Å². The fourth-order valence-electron chi connectivity index (χ4n) is 1.98. The molecule has 0 amide bonds. The highest BCUT2D eigenvalue weighted by Gasteiger charge is 2.34. The van der Waals surface area contributed by atoms with Crippen LogP contribution in [0.2, 0.25) is 0 Å². The van der Waals surface area contributed by atoms with E-state index in [-0.39, 0.29) is 18.1 Å². The van der Waals surface area contributed by atoms with Gasteiger partial charge in [0, 0.05) is 6.42 Å². The van der Waals surface area contributed by atoms with E-state index in [1.807, 2.05) is 38.1 Å². The molecule has 2 rings (SSSR count). The third-order valence-corrected chi connectivity index (χ3v) is 2.89. The van der Waals surface area contributed by atoms with Crippen LogP contribution in [0.5, 0.6) is 0 Å². The van der Waals surface area contributed by atoms with E-state index < -0.39 is 0 Å². The molecule has 0 radical (unpaired) electrons. The molecule has 2 unspecified atom stereocenters. The number of esters is 1. The number of carbonyl (C=O) groups excluding carboxylic acids is 1. The van der Waals surface area contributed by atoms with E-state index in [9.17, 15) is 4.79 Å². The van der Waals surface area contributed by atoms with Crippen molar-refractivity contribution in [3.63, 3.8) is 0 Å². The number of aryl methyl sites for hydroxylation is 1. The normalized spacial score (nSPS) is 24.5. The lowest BCUT2D eigenvalue weighted by Crippen LogP contribution is -2.32. The number of benzene rings is 1. The van der Waals surface area contributed by atoms with E-state index in [0.29, 0.717) is 0 Å². The van der Waals surface area contributed by atoms with Crippen LogP contribution >= 0.6 is 0 Å². The summed E-state index contributed by atoms with van der Waals surface area (Å²) >= 11 is 0. The minimum atomic E-state index is -0.142. The molecule has 16 heavy (non-hydrogen) atoms. The molecule has 0 bridgehead atoms. The summed E-state index contributed by atoms with van der Waals surface area (Å²) in [6, 6.07) is 8.01. The third-order valence-electron chi connectivity index (χ3n) is 2.89. The number of likely N-dealkylation sites (N-methyl/N-ethyl adjacent to an activating group) is 1. The number of carbonyl (C=O) groups is 1. The molecule has 0 aliphatic carbocycles. The average Bonchev–Trinajstić information content (AvgIpc) is 2.62. The van der Waals surface area contributed by atoms with Crippen LogP contribution in [0.4, 0.5) is 0 Å². The maximum absolute atomic E-state index is 11.5. The summed E-state index contributed by atoms with van der Waals surface area (Å²) in [7, 11) is 0. The van der Waals surface area contributed by atoms with Gasteiger partial charge in [-0.2, -0.15) is 0 Å². The SMILES string of the molecule is CCNC1CC(c2ccc(C)cc2)OC1=O. The zero-order valence-electron chi connectivity index (χ0n) is 9.69. The Morgan fingerprint density at radius 1 is 1.38 bits per heavy atom. The summed E-state index contributed by atoms with van der Waals surface area (Å²) in [6.45, 7) is 4.83. The molecule has 1 aromatic rings. The summed E-state index contributed by atoms with van der Waals surface area (Å²) in [5.74, 6) is -0.132. The lowest BCUT2D eigenvalue weighted by atomic mass is 10.0. The molecule has 1 aromatic carbocycles. The molecule has 1 heterocycles. The summed E-state index contributed by atoms with van der Waals surface area (Å²) in [5, 5.41) is 3.13. The van der Waals surface area contributed by atoms with Crippen molar-refractivity contribution in [2.75, 3.05) is 6.54 Å².